The van der Waals surface area contributed by atoms with Crippen LogP contribution in [0.3, 0.4) is 0 Å². The van der Waals surface area contributed by atoms with Crippen LogP contribution < -0.4 is 15.8 Å². The van der Waals surface area contributed by atoms with Crippen LogP contribution >= 0.6 is 0 Å². The summed E-state index contributed by atoms with van der Waals surface area (Å²) < 4.78 is 5.75. The van der Waals surface area contributed by atoms with Gasteiger partial charge in [-0.05, 0) is 48.8 Å². The van der Waals surface area contributed by atoms with Crippen molar-refractivity contribution in [2.45, 2.75) is 50.3 Å². The minimum Gasteiger partial charge on any atom is -0.511 e. The Morgan fingerprint density at radius 2 is 1.77 bits per heavy atom. The molecule has 4 aliphatic carbocycles. The van der Waals surface area contributed by atoms with Gasteiger partial charge >= 0.3 is 0 Å². The Kier molecular flexibility index (Phi) is 6.01. The predicted octanol–water partition coefficient (Wildman–Crippen LogP) is 1.85. The molecule has 4 aliphatic rings. The van der Waals surface area contributed by atoms with Crippen molar-refractivity contribution in [1.29, 1.82) is 0 Å². The van der Waals surface area contributed by atoms with Gasteiger partial charge in [-0.25, -0.2) is 0 Å². The third-order valence-electron chi connectivity index (χ3n) is 8.93. The number of allylic oxidation sites excluding steroid dienone is 2. The van der Waals surface area contributed by atoms with Gasteiger partial charge in [-0.1, -0.05) is 24.3 Å². The summed E-state index contributed by atoms with van der Waals surface area (Å²) in [5.41, 5.74) is 5.35. The lowest BCUT2D eigenvalue weighted by Gasteiger charge is -2.45. The van der Waals surface area contributed by atoms with Crippen LogP contribution in [0.4, 0.5) is 0 Å². The first-order chi connectivity index (χ1) is 19.1. The second-order valence-electron chi connectivity index (χ2n) is 11.1. The molecule has 6 rings (SSSR count). The van der Waals surface area contributed by atoms with Gasteiger partial charge in [0.1, 0.15) is 28.6 Å². The highest BCUT2D eigenvalue weighted by atomic mass is 16.5. The molecule has 0 fully saturated rings. The average Bonchev–Trinajstić information content (AvgIpc) is 3.32. The highest BCUT2D eigenvalue weighted by molar-refractivity contribution is 6.24. The largest absolute Gasteiger partial charge is 0.511 e. The molecule has 0 bridgehead atoms. The summed E-state index contributed by atoms with van der Waals surface area (Å²) in [6.07, 6.45) is 1.74. The van der Waals surface area contributed by atoms with E-state index < -0.39 is 52.0 Å². The van der Waals surface area contributed by atoms with E-state index in [2.05, 4.69) is 17.4 Å². The van der Waals surface area contributed by atoms with Gasteiger partial charge in [0.25, 0.3) is 5.91 Å². The number of primary amides is 1. The number of phenols is 1. The number of aliphatic hydroxyl groups excluding tert-OH is 2. The molecule has 0 aliphatic heterocycles. The van der Waals surface area contributed by atoms with E-state index in [1.807, 2.05) is 12.1 Å². The minimum absolute atomic E-state index is 0.0644. The van der Waals surface area contributed by atoms with Crippen LogP contribution in [0.15, 0.2) is 53.0 Å². The number of fused-ring (bicyclic) bond motifs is 4. The van der Waals surface area contributed by atoms with E-state index in [4.69, 9.17) is 10.5 Å². The summed E-state index contributed by atoms with van der Waals surface area (Å²) >= 11 is 0. The third kappa shape index (κ3) is 3.66. The molecule has 1 amide bonds. The van der Waals surface area contributed by atoms with E-state index >= 15 is 0 Å². The van der Waals surface area contributed by atoms with E-state index in [0.717, 1.165) is 12.8 Å². The van der Waals surface area contributed by atoms with E-state index in [-0.39, 0.29) is 42.2 Å². The zero-order valence-electron chi connectivity index (χ0n) is 21.9. The number of benzene rings is 2. The molecule has 208 valence electrons. The first-order valence-electron chi connectivity index (χ1n) is 13.2. The zero-order chi connectivity index (χ0) is 28.5. The summed E-state index contributed by atoms with van der Waals surface area (Å²) in [7, 11) is 1.49. The second kappa shape index (κ2) is 9.21. The fourth-order valence-corrected chi connectivity index (χ4v) is 7.07. The Labute approximate surface area is 229 Å². The number of methoxy groups -OCH3 is 1. The van der Waals surface area contributed by atoms with Gasteiger partial charge in [0.05, 0.1) is 12.7 Å². The molecule has 7 N–H and O–H groups in total. The molecule has 10 nitrogen and oxygen atoms in total. The number of phenolic OH excluding ortho intramolecular Hbond substituents is 1. The Morgan fingerprint density at radius 1 is 1.10 bits per heavy atom. The molecule has 0 saturated heterocycles. The van der Waals surface area contributed by atoms with Gasteiger partial charge in [0.15, 0.2) is 11.4 Å². The van der Waals surface area contributed by atoms with Crippen molar-refractivity contribution in [2.24, 2.45) is 17.6 Å². The number of ketones is 2. The quantitative estimate of drug-likeness (QED) is 0.305. The van der Waals surface area contributed by atoms with Crippen LogP contribution in [0.25, 0.3) is 0 Å². The first kappa shape index (κ1) is 26.1. The van der Waals surface area contributed by atoms with Crippen LogP contribution in [0.2, 0.25) is 0 Å². The van der Waals surface area contributed by atoms with Gasteiger partial charge in [-0.15, -0.1) is 0 Å². The Hall–Kier alpha value is -4.15. The Balaban J connectivity index is 1.35. The molecule has 1 unspecified atom stereocenters. The monoisotopic (exact) mass is 546 g/mol. The number of Topliss-reactive ketones (excluding diaryl/α,β-unsaturated/α-hetero) is 2. The van der Waals surface area contributed by atoms with Crippen molar-refractivity contribution in [3.8, 4) is 11.5 Å². The van der Waals surface area contributed by atoms with Crippen LogP contribution in [-0.4, -0.2) is 56.7 Å². The van der Waals surface area contributed by atoms with Crippen molar-refractivity contribution in [3.63, 3.8) is 0 Å². The third-order valence-corrected chi connectivity index (χ3v) is 8.93. The molecule has 0 radical (unpaired) electrons. The van der Waals surface area contributed by atoms with E-state index in [9.17, 15) is 34.8 Å². The molecule has 10 heteroatoms. The molecule has 0 saturated carbocycles. The maximum absolute atomic E-state index is 13.7. The fraction of sp³-hybridized carbons (Fsp3) is 0.367. The summed E-state index contributed by atoms with van der Waals surface area (Å²) in [5, 5.41) is 47.4. The number of carbonyl (C=O) groups is 3. The fourth-order valence-electron chi connectivity index (χ4n) is 7.07. The number of aromatic hydroxyl groups is 1. The predicted molar refractivity (Wildman–Crippen MR) is 142 cm³/mol. The first-order valence-corrected chi connectivity index (χ1v) is 13.2. The zero-order valence-corrected chi connectivity index (χ0v) is 21.9. The van der Waals surface area contributed by atoms with Gasteiger partial charge in [-0.2, -0.15) is 0 Å². The summed E-state index contributed by atoms with van der Waals surface area (Å²) in [5.74, 6) is -6.10. The standard InChI is InChI=1S/C30H30N2O8/c1-40-26-16(12-32-18-7-13-4-2-3-5-14(13)8-18)10-20(33)23-19(26)9-15-6-17-11-21(34)24(29(31)38)28(37)30(17,39)27(36)22(15)25(23)35/h2-5,10,15,17-18,32-34,36,39H,6-9,11-12H2,1H3,(H2,31,38)/t15?,17-,30-/m0/s1. The molecule has 3 atom stereocenters. The molecule has 2 aromatic rings. The van der Waals surface area contributed by atoms with E-state index in [1.165, 1.54) is 24.3 Å². The lowest BCUT2D eigenvalue weighted by molar-refractivity contribution is -0.144. The lowest BCUT2D eigenvalue weighted by atomic mass is 9.60. The summed E-state index contributed by atoms with van der Waals surface area (Å²) in [6.45, 7) is 0.390. The highest BCUT2D eigenvalue weighted by Crippen LogP contribution is 2.52. The van der Waals surface area contributed by atoms with Crippen molar-refractivity contribution >= 4 is 17.5 Å². The Bertz CT molecular complexity index is 1530. The van der Waals surface area contributed by atoms with Gasteiger partial charge in [-0.3, -0.25) is 14.4 Å². The number of aliphatic hydroxyl groups is 3. The van der Waals surface area contributed by atoms with Gasteiger partial charge in [0, 0.05) is 41.6 Å². The van der Waals surface area contributed by atoms with Crippen molar-refractivity contribution in [2.75, 3.05) is 7.11 Å². The molecular weight excluding hydrogens is 516 g/mol. The van der Waals surface area contributed by atoms with Crippen molar-refractivity contribution in [3.05, 3.63) is 80.8 Å². The van der Waals surface area contributed by atoms with Crippen LogP contribution in [0.1, 0.15) is 45.5 Å². The number of hydrogen-bond donors (Lipinski definition) is 6. The number of hydrogen-bond acceptors (Lipinski definition) is 9. The van der Waals surface area contributed by atoms with Crippen LogP contribution in [0.5, 0.6) is 11.5 Å². The maximum Gasteiger partial charge on any atom is 0.255 e. The van der Waals surface area contributed by atoms with E-state index in [0.29, 0.717) is 23.4 Å². The number of carbonyl (C=O) groups excluding carboxylic acids is 3. The second-order valence-corrected chi connectivity index (χ2v) is 11.1. The number of nitrogens with one attached hydrogen (secondary N) is 1. The maximum atomic E-state index is 13.7. The van der Waals surface area contributed by atoms with Gasteiger partial charge in [0.2, 0.25) is 5.78 Å². The highest BCUT2D eigenvalue weighted by Gasteiger charge is 2.59. The molecule has 40 heavy (non-hydrogen) atoms. The number of nitrogens with two attached hydrogens (primary N) is 1. The van der Waals surface area contributed by atoms with Crippen molar-refractivity contribution < 1.29 is 39.5 Å². The summed E-state index contributed by atoms with van der Waals surface area (Å²) in [4.78, 5) is 38.6. The molecule has 0 aromatic heterocycles. The average molecular weight is 547 g/mol. The lowest BCUT2D eigenvalue weighted by Crippen LogP contribution is -2.57. The van der Waals surface area contributed by atoms with Gasteiger partial charge < -0.3 is 36.2 Å². The minimum atomic E-state index is -2.59. The molecule has 0 heterocycles. The number of rotatable bonds is 5. The van der Waals surface area contributed by atoms with Crippen LogP contribution in [-0.2, 0) is 35.4 Å². The SMILES string of the molecule is COc1c(CNC2Cc3ccccc3C2)cc(O)c2c1CC1C[C@H]3CC(O)=C(C(N)=O)C(=O)[C@@]3(O)C(O)=C1C2=O. The molecule has 2 aromatic carbocycles. The van der Waals surface area contributed by atoms with Crippen molar-refractivity contribution in [1.82, 2.24) is 5.32 Å². The summed E-state index contributed by atoms with van der Waals surface area (Å²) in [6, 6.07) is 9.94. The topological polar surface area (TPSA) is 179 Å². The van der Waals surface area contributed by atoms with E-state index in [1.54, 1.807) is 0 Å². The number of amides is 1. The van der Waals surface area contributed by atoms with Crippen LogP contribution in [0, 0.1) is 11.8 Å². The Morgan fingerprint density at radius 3 is 2.40 bits per heavy atom. The molecular formula is C30H30N2O8. The smallest absolute Gasteiger partial charge is 0.255 e. The molecule has 0 spiro atoms. The number of ether oxygens (including phenoxy) is 1. The normalized spacial score (nSPS) is 25.9.